The van der Waals surface area contributed by atoms with Gasteiger partial charge in [0.25, 0.3) is 0 Å². The van der Waals surface area contributed by atoms with Crippen molar-refractivity contribution in [2.75, 3.05) is 104 Å². The molecule has 0 fully saturated rings. The van der Waals surface area contributed by atoms with Crippen LogP contribution >= 0.6 is 470 Å². The van der Waals surface area contributed by atoms with Gasteiger partial charge in [0.2, 0.25) is 0 Å². The molecule has 18 aliphatic heterocycles. The molecule has 40 heteroatoms. The minimum absolute atomic E-state index is 1.00. The summed E-state index contributed by atoms with van der Waals surface area (Å²) in [6, 6.07) is 19.4. The standard InChI is InChI=1S/C70H64S40/c1-15-73-45-46(74-16-1)96-63(95-45)61-91-41-35-71-27-29-85-55-53(81-23-5-25-83-57-59(89-33-39-11-7-37(8-12-39)31-87-43(41)93-61)109-69(107-57)67-99-49-50(100-67)78-20-3-19-77-49)103-65(105-55)66-104-54-56(106-66)86-30-28-72-36-42-44(94-62(92-42)64-97-47-48(98-64)76-18-2-17-75-47)88-32-38-9-13-40(14-10-38)34-90-60-58(84-26-6-24-82-54)108-70(110-60)68-101-51-52(102-68)80-22-4-21-79-51/h7-14H,1-6,15-36H2/b66-65+. The first kappa shape index (κ1) is 89.1. The number of hydrogen-bond donors (Lipinski definition) is 0. The maximum atomic E-state index is 2.42. The third-order valence-electron chi connectivity index (χ3n) is 15.8. The zero-order valence-electron chi connectivity index (χ0n) is 57.7. The Hall–Kier alpha value is 8.54. The summed E-state index contributed by atoms with van der Waals surface area (Å²) in [5, 5.41) is 0. The molecule has 0 aromatic heterocycles. The molecule has 4 bridgehead atoms. The molecule has 0 spiro atoms. The highest BCUT2D eigenvalue weighted by molar-refractivity contribution is 8.49. The molecule has 0 saturated heterocycles. The van der Waals surface area contributed by atoms with E-state index < -0.39 is 0 Å². The fraction of sp³-hybridized carbons (Fsp3) is 0.400. The van der Waals surface area contributed by atoms with Crippen LogP contribution in [0.2, 0.25) is 0 Å². The van der Waals surface area contributed by atoms with E-state index in [4.69, 9.17) is 0 Å². The summed E-state index contributed by atoms with van der Waals surface area (Å²) in [7, 11) is 0. The molecule has 2 aromatic rings. The quantitative estimate of drug-likeness (QED) is 0.246. The number of rotatable bonds is 0. The Morgan fingerprint density at radius 2 is 0.282 bits per heavy atom. The second-order valence-corrected chi connectivity index (χ2v) is 73.3. The first-order valence-electron chi connectivity index (χ1n) is 34.7. The Bertz CT molecular complexity index is 3780. The maximum Gasteiger partial charge on any atom is 0.0717 e. The summed E-state index contributed by atoms with van der Waals surface area (Å²) in [5.41, 5.74) is 5.70. The van der Waals surface area contributed by atoms with Gasteiger partial charge in [0.1, 0.15) is 0 Å². The van der Waals surface area contributed by atoms with E-state index in [2.05, 4.69) is 519 Å². The fourth-order valence-corrected chi connectivity index (χ4v) is 71.3. The van der Waals surface area contributed by atoms with Crippen molar-refractivity contribution in [1.82, 2.24) is 0 Å². The van der Waals surface area contributed by atoms with Gasteiger partial charge in [0, 0.05) is 67.3 Å². The van der Waals surface area contributed by atoms with Crippen LogP contribution in [0.4, 0.5) is 0 Å². The van der Waals surface area contributed by atoms with Crippen LogP contribution in [0.1, 0.15) is 60.8 Å². The van der Waals surface area contributed by atoms with Crippen LogP contribution in [0.3, 0.4) is 0 Å². The molecule has 110 heavy (non-hydrogen) atoms. The second-order valence-electron chi connectivity index (χ2n) is 23.8. The summed E-state index contributed by atoms with van der Waals surface area (Å²) in [6.45, 7) is 0. The van der Waals surface area contributed by atoms with Crippen LogP contribution in [-0.4, -0.2) is 104 Å². The van der Waals surface area contributed by atoms with E-state index in [0.717, 1.165) is 80.5 Å². The highest BCUT2D eigenvalue weighted by Gasteiger charge is 2.39. The monoisotopic (exact) mass is 2180 g/mol. The van der Waals surface area contributed by atoms with Crippen molar-refractivity contribution in [1.29, 1.82) is 0 Å². The molecule has 2 aromatic carbocycles. The molecule has 18 heterocycles. The number of fused-ring (bicyclic) bond motifs is 24. The van der Waals surface area contributed by atoms with E-state index in [1.54, 1.807) is 60.7 Å². The van der Waals surface area contributed by atoms with Gasteiger partial charge in [-0.2, -0.15) is 23.5 Å². The summed E-state index contributed by atoms with van der Waals surface area (Å²) in [6.07, 6.45) is 7.60. The first-order chi connectivity index (χ1) is 54.4. The van der Waals surface area contributed by atoms with Gasteiger partial charge in [-0.25, -0.2) is 0 Å². The van der Waals surface area contributed by atoms with Gasteiger partial charge in [-0.05, 0) is 130 Å². The molecule has 0 atom stereocenters. The van der Waals surface area contributed by atoms with Gasteiger partial charge in [-0.3, -0.25) is 0 Å². The first-order valence-corrected chi connectivity index (χ1v) is 71.1. The maximum absolute atomic E-state index is 2.42. The lowest BCUT2D eigenvalue weighted by atomic mass is 10.2. The molecule has 0 radical (unpaired) electrons. The van der Waals surface area contributed by atoms with Crippen molar-refractivity contribution < 1.29 is 0 Å². The zero-order chi connectivity index (χ0) is 73.4. The minimum Gasteiger partial charge on any atom is -0.156 e. The molecule has 0 nitrogen and oxygen atoms in total. The Morgan fingerprint density at radius 3 is 0.482 bits per heavy atom. The van der Waals surface area contributed by atoms with E-state index in [1.165, 1.54) is 175 Å². The van der Waals surface area contributed by atoms with Gasteiger partial charge in [-0.15, -0.1) is 212 Å². The summed E-state index contributed by atoms with van der Waals surface area (Å²) >= 11 is 84.0. The van der Waals surface area contributed by atoms with Crippen molar-refractivity contribution in [2.24, 2.45) is 0 Å². The fourth-order valence-electron chi connectivity index (χ4n) is 10.6. The van der Waals surface area contributed by atoms with Crippen molar-refractivity contribution in [3.63, 3.8) is 0 Å². The average Bonchev–Trinajstić information content (AvgIpc) is 1.68. The molecule has 0 N–H and O–H groups in total. The largest absolute Gasteiger partial charge is 0.156 e. The van der Waals surface area contributed by atoms with Crippen molar-refractivity contribution in [3.8, 4) is 0 Å². The van der Waals surface area contributed by atoms with Crippen LogP contribution < -0.4 is 0 Å². The van der Waals surface area contributed by atoms with Gasteiger partial charge in [0.05, 0.1) is 119 Å². The van der Waals surface area contributed by atoms with Gasteiger partial charge < -0.3 is 0 Å². The van der Waals surface area contributed by atoms with Gasteiger partial charge >= 0.3 is 0 Å². The molecule has 0 saturated carbocycles. The smallest absolute Gasteiger partial charge is 0.0717 e. The second kappa shape index (κ2) is 45.9. The summed E-state index contributed by atoms with van der Waals surface area (Å²) < 4.78 is 42.9. The van der Waals surface area contributed by atoms with Crippen LogP contribution in [-0.2, 0) is 23.0 Å². The molecule has 20 rings (SSSR count). The molecule has 584 valence electrons. The Labute approximate surface area is 820 Å². The van der Waals surface area contributed by atoms with Crippen LogP contribution in [0.15, 0.2) is 177 Å². The highest BCUT2D eigenvalue weighted by atomic mass is 32.3. The topological polar surface area (TPSA) is 0 Å². The van der Waals surface area contributed by atoms with Gasteiger partial charge in [-0.1, -0.05) is 284 Å². The van der Waals surface area contributed by atoms with E-state index in [0.29, 0.717) is 0 Å². The van der Waals surface area contributed by atoms with E-state index in [9.17, 15) is 0 Å². The van der Waals surface area contributed by atoms with Crippen molar-refractivity contribution in [2.45, 2.75) is 61.5 Å². The molecular formula is C70H64S40. The van der Waals surface area contributed by atoms with Crippen molar-refractivity contribution >= 4 is 470 Å². The highest BCUT2D eigenvalue weighted by Crippen LogP contribution is 2.73. The van der Waals surface area contributed by atoms with E-state index >= 15 is 0 Å². The number of thioether (sulfide) groups is 40. The van der Waals surface area contributed by atoms with E-state index in [1.807, 2.05) is 0 Å². The Kier molecular flexibility index (Phi) is 37.2. The zero-order valence-corrected chi connectivity index (χ0v) is 90.4. The third kappa shape index (κ3) is 24.4. The lowest BCUT2D eigenvalue weighted by Gasteiger charge is -2.09. The van der Waals surface area contributed by atoms with Gasteiger partial charge in [0.15, 0.2) is 0 Å². The summed E-state index contributed by atoms with van der Waals surface area (Å²) in [5.74, 6) is 25.3. The van der Waals surface area contributed by atoms with Crippen LogP contribution in [0.5, 0.6) is 0 Å². The normalized spacial score (nSPS) is 26.5. The Morgan fingerprint density at radius 1 is 0.127 bits per heavy atom. The summed E-state index contributed by atoms with van der Waals surface area (Å²) in [4.78, 5) is 3.15. The minimum atomic E-state index is 1.00. The molecular weight excluding hydrogens is 2120 g/mol. The van der Waals surface area contributed by atoms with E-state index in [-0.39, 0.29) is 0 Å². The lowest BCUT2D eigenvalue weighted by molar-refractivity contribution is 1.13. The average molecular weight is 2190 g/mol. The molecule has 0 aliphatic carbocycles. The Balaban J connectivity index is 0.578. The molecule has 18 aliphatic rings. The molecule has 0 unspecified atom stereocenters. The number of hydrogen-bond acceptors (Lipinski definition) is 40. The third-order valence-corrected chi connectivity index (χ3v) is 75.0. The lowest BCUT2D eigenvalue weighted by Crippen LogP contribution is -1.90. The predicted molar refractivity (Wildman–Crippen MR) is 592 cm³/mol. The van der Waals surface area contributed by atoms with Crippen LogP contribution in [0, 0.1) is 0 Å². The molecule has 0 amide bonds. The number of benzene rings is 2. The van der Waals surface area contributed by atoms with Crippen LogP contribution in [0.25, 0.3) is 0 Å². The predicted octanol–water partition coefficient (Wildman–Crippen LogP) is 37.3. The SMILES string of the molecule is c1cc2ccc1CSC1=C(CSCCSC3=C(SCCCSC4=C(SC2)SC(=C2SC5=C(SCCCS5)S2)S4)S/C(=C2/SC4=C(SCCSCC5=C(SCc6ccc(cc6)CSC6=C(SCCCS4)SC(=C4SC7=C(SCCCS7)S4)S6)SC(=C4SC6=C(SCCCS6)S4)S5)S2)S3)SC(=C2SC3=C(SCCCS3)S2)S1. The van der Waals surface area contributed by atoms with Crippen molar-refractivity contribution in [3.05, 3.63) is 199 Å².